The van der Waals surface area contributed by atoms with E-state index < -0.39 is 21.9 Å². The number of ether oxygens (including phenoxy) is 3. The van der Waals surface area contributed by atoms with Gasteiger partial charge in [-0.25, -0.2) is 8.42 Å². The molecule has 3 aromatic rings. The van der Waals surface area contributed by atoms with Gasteiger partial charge >= 0.3 is 29.6 Å². The maximum atomic E-state index is 11.4. The summed E-state index contributed by atoms with van der Waals surface area (Å²) in [6.45, 7) is 3.24. The summed E-state index contributed by atoms with van der Waals surface area (Å²) in [4.78, 5) is 11.0. The van der Waals surface area contributed by atoms with E-state index in [4.69, 9.17) is 14.2 Å². The Morgan fingerprint density at radius 2 is 1.77 bits per heavy atom. The molecule has 0 radical (unpaired) electrons. The topological polar surface area (TPSA) is 102 Å². The molecule has 7 nitrogen and oxygen atoms in total. The number of carbonyl (C=O) groups is 1. The van der Waals surface area contributed by atoms with Crippen LogP contribution in [-0.4, -0.2) is 33.0 Å². The molecule has 0 bridgehead atoms. The first-order valence-corrected chi connectivity index (χ1v) is 15.4. The number of carboxylic acid groups (broad SMARTS) is 1. The molecule has 2 aliphatic rings. The number of carbonyl (C=O) groups excluding carboxylic acids is 1. The van der Waals surface area contributed by atoms with Gasteiger partial charge in [-0.1, -0.05) is 18.2 Å². The summed E-state index contributed by atoms with van der Waals surface area (Å²) in [5.74, 6) is 0.500. The number of fused-ring (bicyclic) bond motifs is 4. The minimum atomic E-state index is -2.99. The van der Waals surface area contributed by atoms with Crippen LogP contribution in [0.25, 0.3) is 11.1 Å². The largest absolute Gasteiger partial charge is 1.00 e. The molecule has 0 aromatic heterocycles. The molecule has 0 saturated heterocycles. The van der Waals surface area contributed by atoms with E-state index in [0.29, 0.717) is 26.2 Å². The SMILES string of the molecule is Cc1cc(OCCCS(C)(=O)=O)cc2c1-c1cc(COc3ccc4c(c3)CO[C@H]4CC(=O)[O-])ccc1CCC2.[Na+]. The third-order valence-electron chi connectivity index (χ3n) is 7.31. The van der Waals surface area contributed by atoms with Crippen molar-refractivity contribution < 1.29 is 62.1 Å². The van der Waals surface area contributed by atoms with Gasteiger partial charge in [-0.05, 0) is 107 Å². The van der Waals surface area contributed by atoms with Crippen LogP contribution >= 0.6 is 0 Å². The van der Waals surface area contributed by atoms with E-state index in [2.05, 4.69) is 31.2 Å². The molecular weight excluding hydrogens is 539 g/mol. The zero-order valence-electron chi connectivity index (χ0n) is 23.3. The molecule has 1 atom stereocenters. The second-order valence-electron chi connectivity index (χ2n) is 10.5. The summed E-state index contributed by atoms with van der Waals surface area (Å²) in [5.41, 5.74) is 9.04. The van der Waals surface area contributed by atoms with Crippen LogP contribution in [0.2, 0.25) is 0 Å². The molecule has 40 heavy (non-hydrogen) atoms. The Bertz CT molecular complexity index is 1500. The number of carboxylic acids is 1. The van der Waals surface area contributed by atoms with Crippen molar-refractivity contribution in [3.8, 4) is 22.6 Å². The van der Waals surface area contributed by atoms with Gasteiger partial charge in [0.2, 0.25) is 0 Å². The molecule has 0 unspecified atom stereocenters. The fraction of sp³-hybridized carbons (Fsp3) is 0.387. The van der Waals surface area contributed by atoms with Gasteiger partial charge in [-0.15, -0.1) is 0 Å². The van der Waals surface area contributed by atoms with E-state index >= 15 is 0 Å². The van der Waals surface area contributed by atoms with E-state index in [1.165, 1.54) is 28.5 Å². The number of aliphatic carboxylic acids is 1. The van der Waals surface area contributed by atoms with E-state index in [0.717, 1.165) is 53.0 Å². The number of hydrogen-bond acceptors (Lipinski definition) is 7. The molecule has 0 fully saturated rings. The van der Waals surface area contributed by atoms with Crippen LogP contribution in [0.5, 0.6) is 11.5 Å². The normalized spacial score (nSPS) is 15.7. The first kappa shape index (κ1) is 30.6. The van der Waals surface area contributed by atoms with Crippen molar-refractivity contribution in [1.82, 2.24) is 0 Å². The van der Waals surface area contributed by atoms with Gasteiger partial charge in [0, 0.05) is 18.6 Å². The summed E-state index contributed by atoms with van der Waals surface area (Å²) in [5, 5.41) is 11.0. The number of rotatable bonds is 10. The quantitative estimate of drug-likeness (QED) is 0.266. The Balaban J connectivity index is 0.00000370. The zero-order chi connectivity index (χ0) is 27.6. The van der Waals surface area contributed by atoms with Crippen molar-refractivity contribution in [1.29, 1.82) is 0 Å². The molecule has 5 rings (SSSR count). The molecule has 206 valence electrons. The van der Waals surface area contributed by atoms with Crippen LogP contribution in [0.4, 0.5) is 0 Å². The van der Waals surface area contributed by atoms with E-state index in [-0.39, 0.29) is 41.7 Å². The van der Waals surface area contributed by atoms with Crippen molar-refractivity contribution in [2.24, 2.45) is 0 Å². The second-order valence-corrected chi connectivity index (χ2v) is 12.7. The van der Waals surface area contributed by atoms with Crippen LogP contribution in [0, 0.1) is 6.92 Å². The molecular formula is C31H33NaO7S. The summed E-state index contributed by atoms with van der Waals surface area (Å²) < 4.78 is 40.4. The van der Waals surface area contributed by atoms with Gasteiger partial charge < -0.3 is 24.1 Å². The minimum Gasteiger partial charge on any atom is -0.550 e. The van der Waals surface area contributed by atoms with E-state index in [1.54, 1.807) is 0 Å². The van der Waals surface area contributed by atoms with Crippen molar-refractivity contribution in [3.63, 3.8) is 0 Å². The molecule has 1 aliphatic carbocycles. The number of aryl methyl sites for hydroxylation is 3. The molecule has 9 heteroatoms. The van der Waals surface area contributed by atoms with E-state index in [1.807, 2.05) is 24.3 Å². The number of hydrogen-bond donors (Lipinski definition) is 0. The monoisotopic (exact) mass is 572 g/mol. The van der Waals surface area contributed by atoms with Gasteiger partial charge in [-0.2, -0.15) is 0 Å². The fourth-order valence-corrected chi connectivity index (χ4v) is 6.16. The number of sulfone groups is 1. The van der Waals surface area contributed by atoms with Crippen molar-refractivity contribution in [2.45, 2.75) is 58.3 Å². The zero-order valence-corrected chi connectivity index (χ0v) is 26.1. The van der Waals surface area contributed by atoms with Gasteiger partial charge in [-0.3, -0.25) is 0 Å². The van der Waals surface area contributed by atoms with Crippen LogP contribution in [0.15, 0.2) is 48.5 Å². The summed E-state index contributed by atoms with van der Waals surface area (Å²) in [6.07, 6.45) is 4.08. The van der Waals surface area contributed by atoms with Crippen LogP contribution in [0.1, 0.15) is 58.7 Å². The smallest absolute Gasteiger partial charge is 0.550 e. The Hall–Kier alpha value is -2.36. The molecule has 1 heterocycles. The maximum absolute atomic E-state index is 11.4. The predicted octanol–water partition coefficient (Wildman–Crippen LogP) is 1.26. The third-order valence-corrected chi connectivity index (χ3v) is 8.34. The molecule has 0 saturated carbocycles. The maximum Gasteiger partial charge on any atom is 1.00 e. The van der Waals surface area contributed by atoms with E-state index in [9.17, 15) is 18.3 Å². The molecule has 0 amide bonds. The Labute approximate surface area is 258 Å². The molecule has 0 N–H and O–H groups in total. The van der Waals surface area contributed by atoms with Crippen LogP contribution in [0.3, 0.4) is 0 Å². The van der Waals surface area contributed by atoms with Gasteiger partial charge in [0.1, 0.15) is 27.9 Å². The Kier molecular flexibility index (Phi) is 10.0. The second kappa shape index (κ2) is 13.1. The van der Waals surface area contributed by atoms with Gasteiger partial charge in [0.25, 0.3) is 0 Å². The Morgan fingerprint density at radius 3 is 2.55 bits per heavy atom. The molecule has 0 spiro atoms. The third kappa shape index (κ3) is 7.47. The minimum absolute atomic E-state index is 0. The standard InChI is InChI=1S/C31H34O7S.Na/c1-20-13-26(36-11-4-12-39(2,34)35)15-23-6-3-5-22-8-7-21(14-28(22)31(20)23)18-37-25-9-10-27-24(16-25)19-38-29(27)17-30(32)33;/h7-10,13-16,29H,3-6,11-12,17-19H2,1-2H3,(H,32,33);/q;+1/p-1/t29-;/m0./s1. The van der Waals surface area contributed by atoms with Gasteiger partial charge in [0.15, 0.2) is 0 Å². The molecule has 1 aliphatic heterocycles. The average Bonchev–Trinajstić information content (AvgIpc) is 3.16. The Morgan fingerprint density at radius 1 is 1.00 bits per heavy atom. The summed E-state index contributed by atoms with van der Waals surface area (Å²) in [6, 6.07) is 16.3. The van der Waals surface area contributed by atoms with Crippen molar-refractivity contribution in [3.05, 3.63) is 81.9 Å². The number of benzene rings is 3. The van der Waals surface area contributed by atoms with Gasteiger partial charge in [0.05, 0.1) is 25.1 Å². The van der Waals surface area contributed by atoms with Crippen LogP contribution in [-0.2, 0) is 45.4 Å². The predicted molar refractivity (Wildman–Crippen MR) is 146 cm³/mol. The fourth-order valence-electron chi connectivity index (χ4n) is 5.51. The van der Waals surface area contributed by atoms with Crippen LogP contribution < -0.4 is 44.1 Å². The first-order chi connectivity index (χ1) is 18.7. The summed E-state index contributed by atoms with van der Waals surface area (Å²) >= 11 is 0. The summed E-state index contributed by atoms with van der Waals surface area (Å²) in [7, 11) is -2.99. The van der Waals surface area contributed by atoms with Crippen molar-refractivity contribution in [2.75, 3.05) is 18.6 Å². The average molecular weight is 573 g/mol. The molecule has 3 aromatic carbocycles. The first-order valence-electron chi connectivity index (χ1n) is 13.3. The van der Waals surface area contributed by atoms with Crippen molar-refractivity contribution >= 4 is 15.8 Å².